The Balaban J connectivity index is 1.81. The molecule has 3 rings (SSSR count). The highest BCUT2D eigenvalue weighted by atomic mass is 16.4. The predicted molar refractivity (Wildman–Crippen MR) is 156 cm³/mol. The molecule has 6 unspecified atom stereocenters. The van der Waals surface area contributed by atoms with Crippen LogP contribution in [0, 0.1) is 5.92 Å². The predicted octanol–water partition coefficient (Wildman–Crippen LogP) is 0.952. The Morgan fingerprint density at radius 3 is 2.14 bits per heavy atom. The second-order valence-corrected chi connectivity index (χ2v) is 10.5. The smallest absolute Gasteiger partial charge is 0.326 e. The fraction of sp³-hybridized carbons (Fsp3) is 0.400. The highest BCUT2D eigenvalue weighted by Gasteiger charge is 2.33. The van der Waals surface area contributed by atoms with Crippen LogP contribution in [-0.4, -0.2) is 74.3 Å². The van der Waals surface area contributed by atoms with Gasteiger partial charge in [-0.15, -0.1) is 0 Å². The lowest BCUT2D eigenvalue weighted by Crippen LogP contribution is -2.60. The summed E-state index contributed by atoms with van der Waals surface area (Å²) < 4.78 is 0. The highest BCUT2D eigenvalue weighted by Crippen LogP contribution is 2.20. The Morgan fingerprint density at radius 1 is 0.881 bits per heavy atom. The van der Waals surface area contributed by atoms with Crippen LogP contribution in [-0.2, 0) is 32.0 Å². The van der Waals surface area contributed by atoms with Crippen molar-refractivity contribution in [3.05, 3.63) is 65.9 Å². The number of rotatable bonds is 14. The van der Waals surface area contributed by atoms with Gasteiger partial charge < -0.3 is 42.0 Å². The molecule has 3 amide bonds. The van der Waals surface area contributed by atoms with E-state index in [2.05, 4.69) is 20.9 Å². The largest absolute Gasteiger partial charge is 0.508 e. The molecular formula is C30H39N5O7. The van der Waals surface area contributed by atoms with E-state index in [4.69, 9.17) is 5.73 Å². The number of carboxylic acid groups (broad SMARTS) is 1. The number of benzene rings is 2. The van der Waals surface area contributed by atoms with E-state index in [9.17, 15) is 34.5 Å². The number of aliphatic hydroxyl groups excluding tert-OH is 1. The number of fused-ring (bicyclic) bond motifs is 1. The average molecular weight is 582 g/mol. The van der Waals surface area contributed by atoms with Crippen molar-refractivity contribution in [1.29, 1.82) is 0 Å². The molecule has 0 bridgehead atoms. The first kappa shape index (κ1) is 32.1. The SMILES string of the molecule is CCC(C)C(N)C(=O)NC(Cc1c[nH]c2ccccc12)C(=O)NC(C(=O)NC(Cc1ccc(O)cc1)C(=O)O)C(C)O. The van der Waals surface area contributed by atoms with Gasteiger partial charge in [0.1, 0.15) is 23.9 Å². The van der Waals surface area contributed by atoms with E-state index < -0.39 is 54.0 Å². The average Bonchev–Trinajstić information content (AvgIpc) is 3.37. The van der Waals surface area contributed by atoms with Crippen molar-refractivity contribution < 1.29 is 34.5 Å². The second kappa shape index (κ2) is 14.5. The number of aromatic hydroxyl groups is 1. The molecule has 12 heteroatoms. The summed E-state index contributed by atoms with van der Waals surface area (Å²) in [5.74, 6) is -3.68. The number of hydrogen-bond acceptors (Lipinski definition) is 7. The van der Waals surface area contributed by atoms with Crippen LogP contribution in [0.5, 0.6) is 5.75 Å². The minimum Gasteiger partial charge on any atom is -0.508 e. The lowest BCUT2D eigenvalue weighted by molar-refractivity contribution is -0.143. The Hall–Kier alpha value is -4.42. The van der Waals surface area contributed by atoms with Gasteiger partial charge >= 0.3 is 5.97 Å². The second-order valence-electron chi connectivity index (χ2n) is 10.5. The van der Waals surface area contributed by atoms with Gasteiger partial charge in [-0.3, -0.25) is 14.4 Å². The normalized spacial score (nSPS) is 15.5. The van der Waals surface area contributed by atoms with E-state index in [0.717, 1.165) is 16.5 Å². The number of nitrogens with one attached hydrogen (secondary N) is 4. The molecule has 0 aliphatic rings. The number of aliphatic carboxylic acids is 1. The van der Waals surface area contributed by atoms with Gasteiger partial charge in [-0.2, -0.15) is 0 Å². The zero-order valence-corrected chi connectivity index (χ0v) is 23.8. The summed E-state index contributed by atoms with van der Waals surface area (Å²) in [5, 5.41) is 38.0. The molecule has 1 heterocycles. The standard InChI is InChI=1S/C30H39N5O7/c1-4-16(2)25(31)28(39)33-23(14-19-15-32-22-8-6-5-7-21(19)22)27(38)35-26(17(3)36)29(40)34-24(30(41)42)13-18-9-11-20(37)12-10-18/h5-12,15-17,23-26,32,36-37H,4,13-14,31H2,1-3H3,(H,33,39)(H,34,40)(H,35,38)(H,41,42). The monoisotopic (exact) mass is 581 g/mol. The number of phenolic OH excluding ortho intramolecular Hbond substituents is 1. The van der Waals surface area contributed by atoms with Gasteiger partial charge in [0.15, 0.2) is 0 Å². The zero-order chi connectivity index (χ0) is 31.0. The van der Waals surface area contributed by atoms with Crippen LogP contribution in [0.4, 0.5) is 0 Å². The number of amides is 3. The Labute approximate surface area is 243 Å². The van der Waals surface area contributed by atoms with Crippen LogP contribution in [0.2, 0.25) is 0 Å². The molecule has 42 heavy (non-hydrogen) atoms. The van der Waals surface area contributed by atoms with Gasteiger partial charge in [0, 0.05) is 29.9 Å². The van der Waals surface area contributed by atoms with Crippen molar-refractivity contribution in [1.82, 2.24) is 20.9 Å². The Kier molecular flexibility index (Phi) is 11.1. The van der Waals surface area contributed by atoms with Gasteiger partial charge in [0.25, 0.3) is 0 Å². The van der Waals surface area contributed by atoms with E-state index in [-0.39, 0.29) is 24.5 Å². The van der Waals surface area contributed by atoms with Crippen molar-refractivity contribution in [2.24, 2.45) is 11.7 Å². The lowest BCUT2D eigenvalue weighted by Gasteiger charge is -2.27. The van der Waals surface area contributed by atoms with Crippen molar-refractivity contribution >= 4 is 34.6 Å². The molecule has 6 atom stereocenters. The van der Waals surface area contributed by atoms with Crippen LogP contribution in [0.3, 0.4) is 0 Å². The third-order valence-corrected chi connectivity index (χ3v) is 7.35. The zero-order valence-electron chi connectivity index (χ0n) is 23.8. The van der Waals surface area contributed by atoms with Crippen LogP contribution in [0.1, 0.15) is 38.3 Å². The summed E-state index contributed by atoms with van der Waals surface area (Å²) in [6, 6.07) is 8.34. The minimum absolute atomic E-state index is 0.00549. The highest BCUT2D eigenvalue weighted by molar-refractivity contribution is 5.95. The van der Waals surface area contributed by atoms with Crippen LogP contribution < -0.4 is 21.7 Å². The molecule has 3 aromatic rings. The third kappa shape index (κ3) is 8.30. The van der Waals surface area contributed by atoms with Gasteiger partial charge in [-0.1, -0.05) is 50.6 Å². The fourth-order valence-electron chi connectivity index (χ4n) is 4.50. The van der Waals surface area contributed by atoms with Gasteiger partial charge in [-0.05, 0) is 42.2 Å². The third-order valence-electron chi connectivity index (χ3n) is 7.35. The lowest BCUT2D eigenvalue weighted by atomic mass is 9.98. The molecule has 0 aliphatic heterocycles. The van der Waals surface area contributed by atoms with Crippen molar-refractivity contribution in [2.45, 2.75) is 70.3 Å². The summed E-state index contributed by atoms with van der Waals surface area (Å²) in [6.07, 6.45) is 0.929. The van der Waals surface area contributed by atoms with Gasteiger partial charge in [0.2, 0.25) is 17.7 Å². The number of phenols is 1. The molecule has 9 N–H and O–H groups in total. The van der Waals surface area contributed by atoms with E-state index in [1.165, 1.54) is 31.2 Å². The number of para-hydroxylation sites is 1. The number of nitrogens with two attached hydrogens (primary N) is 1. The number of aromatic nitrogens is 1. The minimum atomic E-state index is -1.52. The van der Waals surface area contributed by atoms with E-state index in [1.807, 2.05) is 38.1 Å². The van der Waals surface area contributed by atoms with E-state index in [1.54, 1.807) is 6.20 Å². The number of carboxylic acids is 1. The fourth-order valence-corrected chi connectivity index (χ4v) is 4.50. The first-order valence-electron chi connectivity index (χ1n) is 13.8. The maximum absolute atomic E-state index is 13.6. The quantitative estimate of drug-likeness (QED) is 0.137. The summed E-state index contributed by atoms with van der Waals surface area (Å²) in [4.78, 5) is 54.7. The molecule has 0 spiro atoms. The molecule has 0 aliphatic carbocycles. The van der Waals surface area contributed by atoms with Crippen LogP contribution >= 0.6 is 0 Å². The number of aromatic amines is 1. The molecule has 0 fully saturated rings. The molecular weight excluding hydrogens is 542 g/mol. The Bertz CT molecular complexity index is 1390. The van der Waals surface area contributed by atoms with Crippen molar-refractivity contribution in [3.8, 4) is 5.75 Å². The molecule has 1 aromatic heterocycles. The summed E-state index contributed by atoms with van der Waals surface area (Å²) in [5.41, 5.74) is 8.23. The number of carbonyl (C=O) groups is 4. The van der Waals surface area contributed by atoms with Gasteiger partial charge in [0.05, 0.1) is 12.1 Å². The number of H-pyrrole nitrogens is 1. The molecule has 12 nitrogen and oxygen atoms in total. The summed E-state index contributed by atoms with van der Waals surface area (Å²) in [6.45, 7) is 5.00. The molecule has 0 saturated heterocycles. The number of hydrogen-bond donors (Lipinski definition) is 8. The molecule has 2 aromatic carbocycles. The first-order valence-corrected chi connectivity index (χ1v) is 13.8. The number of carbonyl (C=O) groups excluding carboxylic acids is 3. The van der Waals surface area contributed by atoms with Gasteiger partial charge in [-0.25, -0.2) is 4.79 Å². The van der Waals surface area contributed by atoms with Crippen LogP contribution in [0.25, 0.3) is 10.9 Å². The van der Waals surface area contributed by atoms with Crippen molar-refractivity contribution in [2.75, 3.05) is 0 Å². The molecule has 0 saturated carbocycles. The molecule has 0 radical (unpaired) electrons. The Morgan fingerprint density at radius 2 is 1.52 bits per heavy atom. The summed E-state index contributed by atoms with van der Waals surface area (Å²) >= 11 is 0. The van der Waals surface area contributed by atoms with E-state index >= 15 is 0 Å². The first-order chi connectivity index (χ1) is 19.9. The maximum atomic E-state index is 13.6. The molecule has 226 valence electrons. The maximum Gasteiger partial charge on any atom is 0.326 e. The van der Waals surface area contributed by atoms with E-state index in [0.29, 0.717) is 12.0 Å². The van der Waals surface area contributed by atoms with Crippen LogP contribution in [0.15, 0.2) is 54.7 Å². The topological polar surface area (TPSA) is 207 Å². The van der Waals surface area contributed by atoms with Crippen molar-refractivity contribution in [3.63, 3.8) is 0 Å². The summed E-state index contributed by atoms with van der Waals surface area (Å²) in [7, 11) is 0. The number of aliphatic hydroxyl groups is 1.